The zero-order valence-corrected chi connectivity index (χ0v) is 16.5. The molecule has 1 fully saturated rings. The summed E-state index contributed by atoms with van der Waals surface area (Å²) in [5.41, 5.74) is 3.43. The topological polar surface area (TPSA) is 62.7 Å². The molecule has 6 nitrogen and oxygen atoms in total. The van der Waals surface area contributed by atoms with Gasteiger partial charge >= 0.3 is 6.09 Å². The Morgan fingerprint density at radius 3 is 2.41 bits per heavy atom. The third-order valence-corrected chi connectivity index (χ3v) is 4.69. The second-order valence-electron chi connectivity index (χ2n) is 7.58. The maximum atomic E-state index is 13.1. The highest BCUT2D eigenvalue weighted by atomic mass is 16.6. The van der Waals surface area contributed by atoms with Crippen LogP contribution in [0.25, 0.3) is 10.9 Å². The lowest BCUT2D eigenvalue weighted by molar-refractivity contribution is 0.0536. The molecule has 3 rings (SSSR count). The number of carbonyl (C=O) groups excluding carboxylic acids is 2. The molecule has 27 heavy (non-hydrogen) atoms. The highest BCUT2D eigenvalue weighted by molar-refractivity contribution is 6.06. The van der Waals surface area contributed by atoms with E-state index in [2.05, 4.69) is 4.98 Å². The number of carbonyl (C=O) groups is 2. The number of rotatable bonds is 3. The molecule has 1 aromatic carbocycles. The molecule has 0 radical (unpaired) electrons. The van der Waals surface area contributed by atoms with E-state index in [1.807, 2.05) is 56.9 Å². The van der Waals surface area contributed by atoms with Crippen LogP contribution >= 0.6 is 0 Å². The zero-order valence-electron chi connectivity index (χ0n) is 16.5. The number of piperazine rings is 1. The van der Waals surface area contributed by atoms with Crippen LogP contribution in [0, 0.1) is 19.8 Å². The van der Waals surface area contributed by atoms with Gasteiger partial charge in [-0.3, -0.25) is 9.78 Å². The molecule has 0 N–H and O–H groups in total. The number of amides is 2. The van der Waals surface area contributed by atoms with Gasteiger partial charge in [-0.05, 0) is 38.0 Å². The lowest BCUT2D eigenvalue weighted by Gasteiger charge is -2.34. The van der Waals surface area contributed by atoms with Gasteiger partial charge in [0, 0.05) is 37.3 Å². The molecule has 6 heteroatoms. The Hall–Kier alpha value is -2.63. The van der Waals surface area contributed by atoms with Crippen LogP contribution in [0.15, 0.2) is 24.3 Å². The van der Waals surface area contributed by atoms with Crippen molar-refractivity contribution in [2.45, 2.75) is 27.7 Å². The molecule has 0 bridgehead atoms. The molecule has 1 aliphatic heterocycles. The predicted molar refractivity (Wildman–Crippen MR) is 105 cm³/mol. The Kier molecular flexibility index (Phi) is 5.63. The first-order chi connectivity index (χ1) is 12.8. The first kappa shape index (κ1) is 19.1. The standard InChI is InChI=1S/C21H27N3O3/c1-14(2)13-27-21(26)24-9-7-23(8-10-24)20(25)18-12-16(4)22-19-6-5-15(3)11-17(18)19/h5-6,11-12,14H,7-10,13H2,1-4H3. The summed E-state index contributed by atoms with van der Waals surface area (Å²) < 4.78 is 5.29. The van der Waals surface area contributed by atoms with Gasteiger partial charge in [-0.15, -0.1) is 0 Å². The van der Waals surface area contributed by atoms with Crippen molar-refractivity contribution in [3.8, 4) is 0 Å². The van der Waals surface area contributed by atoms with Gasteiger partial charge in [-0.25, -0.2) is 4.79 Å². The highest BCUT2D eigenvalue weighted by Crippen LogP contribution is 2.22. The van der Waals surface area contributed by atoms with Gasteiger partial charge in [-0.1, -0.05) is 25.5 Å². The molecule has 0 unspecified atom stereocenters. The van der Waals surface area contributed by atoms with Crippen LogP contribution in [-0.2, 0) is 4.74 Å². The van der Waals surface area contributed by atoms with E-state index in [0.29, 0.717) is 44.3 Å². The largest absolute Gasteiger partial charge is 0.449 e. The van der Waals surface area contributed by atoms with Crippen molar-refractivity contribution in [1.82, 2.24) is 14.8 Å². The number of fused-ring (bicyclic) bond motifs is 1. The van der Waals surface area contributed by atoms with Gasteiger partial charge in [0.2, 0.25) is 0 Å². The van der Waals surface area contributed by atoms with Crippen molar-refractivity contribution in [3.63, 3.8) is 0 Å². The number of hydrogen-bond donors (Lipinski definition) is 0. The first-order valence-corrected chi connectivity index (χ1v) is 9.44. The normalized spacial score (nSPS) is 14.7. The van der Waals surface area contributed by atoms with Crippen molar-refractivity contribution in [2.24, 2.45) is 5.92 Å². The minimum Gasteiger partial charge on any atom is -0.449 e. The summed E-state index contributed by atoms with van der Waals surface area (Å²) in [7, 11) is 0. The van der Waals surface area contributed by atoms with Crippen LogP contribution in [0.1, 0.15) is 35.5 Å². The summed E-state index contributed by atoms with van der Waals surface area (Å²) >= 11 is 0. The van der Waals surface area contributed by atoms with Crippen molar-refractivity contribution in [1.29, 1.82) is 0 Å². The number of benzene rings is 1. The zero-order chi connectivity index (χ0) is 19.6. The Morgan fingerprint density at radius 2 is 1.74 bits per heavy atom. The maximum absolute atomic E-state index is 13.1. The molecule has 0 atom stereocenters. The minimum absolute atomic E-state index is 0.00806. The van der Waals surface area contributed by atoms with E-state index in [0.717, 1.165) is 22.2 Å². The van der Waals surface area contributed by atoms with Crippen LogP contribution in [0.3, 0.4) is 0 Å². The fraction of sp³-hybridized carbons (Fsp3) is 0.476. The van der Waals surface area contributed by atoms with Crippen molar-refractivity contribution >= 4 is 22.9 Å². The average molecular weight is 369 g/mol. The minimum atomic E-state index is -0.295. The Balaban J connectivity index is 1.72. The molecule has 0 spiro atoms. The Labute approximate surface area is 160 Å². The van der Waals surface area contributed by atoms with Crippen molar-refractivity contribution in [2.75, 3.05) is 32.8 Å². The fourth-order valence-electron chi connectivity index (χ4n) is 3.24. The lowest BCUT2D eigenvalue weighted by Crippen LogP contribution is -2.50. The molecule has 144 valence electrons. The molecule has 2 heterocycles. The molecule has 1 saturated heterocycles. The van der Waals surface area contributed by atoms with Crippen LogP contribution in [0.5, 0.6) is 0 Å². The van der Waals surface area contributed by atoms with Crippen molar-refractivity contribution < 1.29 is 14.3 Å². The van der Waals surface area contributed by atoms with E-state index in [4.69, 9.17) is 4.74 Å². The van der Waals surface area contributed by atoms with Gasteiger partial charge in [0.1, 0.15) is 0 Å². The van der Waals surface area contributed by atoms with Gasteiger partial charge in [-0.2, -0.15) is 0 Å². The summed E-state index contributed by atoms with van der Waals surface area (Å²) in [5, 5.41) is 0.879. The van der Waals surface area contributed by atoms with Crippen molar-refractivity contribution in [3.05, 3.63) is 41.1 Å². The molecule has 2 aromatic rings. The van der Waals surface area contributed by atoms with Crippen LogP contribution < -0.4 is 0 Å². The molecule has 1 aromatic heterocycles. The third-order valence-electron chi connectivity index (χ3n) is 4.69. The summed E-state index contributed by atoms with van der Waals surface area (Å²) in [4.78, 5) is 33.2. The number of aryl methyl sites for hydroxylation is 2. The van der Waals surface area contributed by atoms with E-state index in [9.17, 15) is 9.59 Å². The SMILES string of the molecule is Cc1ccc2nc(C)cc(C(=O)N3CCN(C(=O)OCC(C)C)CC3)c2c1. The quantitative estimate of drug-likeness (QED) is 0.832. The van der Waals surface area contributed by atoms with E-state index < -0.39 is 0 Å². The van der Waals surface area contributed by atoms with E-state index >= 15 is 0 Å². The summed E-state index contributed by atoms with van der Waals surface area (Å²) in [6.45, 7) is 10.3. The second kappa shape index (κ2) is 7.94. The van der Waals surface area contributed by atoms with E-state index in [1.165, 1.54) is 0 Å². The third kappa shape index (κ3) is 4.38. The molecular formula is C21H27N3O3. The molecule has 2 amide bonds. The number of nitrogens with zero attached hydrogens (tertiary/aromatic N) is 3. The van der Waals surface area contributed by atoms with Gasteiger partial charge < -0.3 is 14.5 Å². The lowest BCUT2D eigenvalue weighted by atomic mass is 10.0. The molecular weight excluding hydrogens is 342 g/mol. The summed E-state index contributed by atoms with van der Waals surface area (Å²) in [5.74, 6) is 0.301. The van der Waals surface area contributed by atoms with Crippen LogP contribution in [-0.4, -0.2) is 59.6 Å². The first-order valence-electron chi connectivity index (χ1n) is 9.44. The Bertz CT molecular complexity index is 855. The Morgan fingerprint density at radius 1 is 1.07 bits per heavy atom. The number of hydrogen-bond acceptors (Lipinski definition) is 4. The summed E-state index contributed by atoms with van der Waals surface area (Å²) in [6, 6.07) is 7.82. The maximum Gasteiger partial charge on any atom is 0.409 e. The molecule has 0 saturated carbocycles. The smallest absolute Gasteiger partial charge is 0.409 e. The predicted octanol–water partition coefficient (Wildman–Crippen LogP) is 3.40. The fourth-order valence-corrected chi connectivity index (χ4v) is 3.24. The van der Waals surface area contributed by atoms with Gasteiger partial charge in [0.05, 0.1) is 17.7 Å². The summed E-state index contributed by atoms with van der Waals surface area (Å²) in [6.07, 6.45) is -0.295. The second-order valence-corrected chi connectivity index (χ2v) is 7.58. The van der Waals surface area contributed by atoms with Crippen LogP contribution in [0.4, 0.5) is 4.79 Å². The average Bonchev–Trinajstić information content (AvgIpc) is 2.65. The number of ether oxygens (including phenoxy) is 1. The highest BCUT2D eigenvalue weighted by Gasteiger charge is 2.27. The monoisotopic (exact) mass is 369 g/mol. The number of pyridine rings is 1. The van der Waals surface area contributed by atoms with Crippen LogP contribution in [0.2, 0.25) is 0 Å². The van der Waals surface area contributed by atoms with Gasteiger partial charge in [0.15, 0.2) is 0 Å². The van der Waals surface area contributed by atoms with E-state index in [-0.39, 0.29) is 12.0 Å². The molecule has 1 aliphatic rings. The number of aromatic nitrogens is 1. The van der Waals surface area contributed by atoms with E-state index in [1.54, 1.807) is 4.90 Å². The molecule has 0 aliphatic carbocycles. The van der Waals surface area contributed by atoms with Gasteiger partial charge in [0.25, 0.3) is 5.91 Å².